The van der Waals surface area contributed by atoms with Crippen molar-refractivity contribution in [1.29, 1.82) is 0 Å². The summed E-state index contributed by atoms with van der Waals surface area (Å²) >= 11 is 0. The third-order valence-corrected chi connectivity index (χ3v) is 3.87. The van der Waals surface area contributed by atoms with Crippen LogP contribution in [0.15, 0.2) is 53.5 Å². The Morgan fingerprint density at radius 2 is 1.93 bits per heavy atom. The molecule has 2 aromatic rings. The molecule has 150 valence electrons. The lowest BCUT2D eigenvalue weighted by Crippen LogP contribution is -2.31. The number of aromatic nitrogens is 1. The first-order valence-electron chi connectivity index (χ1n) is 9.53. The van der Waals surface area contributed by atoms with Crippen LogP contribution in [0.1, 0.15) is 32.8 Å². The summed E-state index contributed by atoms with van der Waals surface area (Å²) in [5, 5.41) is 2.86. The maximum atomic E-state index is 12.8. The summed E-state index contributed by atoms with van der Waals surface area (Å²) < 4.78 is 12.3. The standard InChI is InChI=1S/C22H28N2O4/c1-4-27-19-11-9-18(10-12-19)16-20(24-14-6-5-8-21(24)25)22(26)23-13-7-15-28-17(2)3/h5-6,8-12,14,16-17H,4,7,13,15H2,1-3H3,(H,23,26). The fourth-order valence-corrected chi connectivity index (χ4v) is 2.54. The summed E-state index contributed by atoms with van der Waals surface area (Å²) in [6.07, 6.45) is 4.14. The molecule has 0 aliphatic carbocycles. The Kier molecular flexibility index (Phi) is 8.49. The van der Waals surface area contributed by atoms with E-state index in [1.54, 1.807) is 24.4 Å². The summed E-state index contributed by atoms with van der Waals surface area (Å²) in [4.78, 5) is 25.0. The molecule has 0 unspecified atom stereocenters. The average molecular weight is 384 g/mol. The van der Waals surface area contributed by atoms with Crippen molar-refractivity contribution in [3.05, 3.63) is 64.6 Å². The lowest BCUT2D eigenvalue weighted by atomic mass is 10.1. The van der Waals surface area contributed by atoms with Crippen LogP contribution in [0.3, 0.4) is 0 Å². The predicted molar refractivity (Wildman–Crippen MR) is 111 cm³/mol. The highest BCUT2D eigenvalue weighted by atomic mass is 16.5. The van der Waals surface area contributed by atoms with Gasteiger partial charge in [-0.05, 0) is 57.0 Å². The Bertz CT molecular complexity index is 838. The number of carbonyl (C=O) groups is 1. The van der Waals surface area contributed by atoms with E-state index in [4.69, 9.17) is 9.47 Å². The van der Waals surface area contributed by atoms with Crippen LogP contribution >= 0.6 is 0 Å². The zero-order chi connectivity index (χ0) is 20.4. The van der Waals surface area contributed by atoms with Gasteiger partial charge in [-0.3, -0.25) is 14.2 Å². The van der Waals surface area contributed by atoms with Gasteiger partial charge in [-0.15, -0.1) is 0 Å². The van der Waals surface area contributed by atoms with E-state index in [0.29, 0.717) is 26.2 Å². The highest BCUT2D eigenvalue weighted by molar-refractivity contribution is 6.18. The van der Waals surface area contributed by atoms with E-state index in [9.17, 15) is 9.59 Å². The van der Waals surface area contributed by atoms with Crippen LogP contribution in [0.4, 0.5) is 0 Å². The number of amides is 1. The molecule has 0 saturated carbocycles. The van der Waals surface area contributed by atoms with Crippen LogP contribution < -0.4 is 15.6 Å². The van der Waals surface area contributed by atoms with Crippen LogP contribution in [0.5, 0.6) is 5.75 Å². The van der Waals surface area contributed by atoms with E-state index in [0.717, 1.165) is 11.3 Å². The van der Waals surface area contributed by atoms with Gasteiger partial charge in [0.2, 0.25) is 0 Å². The molecule has 1 aromatic heterocycles. The smallest absolute Gasteiger partial charge is 0.268 e. The van der Waals surface area contributed by atoms with Gasteiger partial charge in [-0.25, -0.2) is 0 Å². The fourth-order valence-electron chi connectivity index (χ4n) is 2.54. The molecule has 1 heterocycles. The summed E-state index contributed by atoms with van der Waals surface area (Å²) in [6, 6.07) is 12.2. The lowest BCUT2D eigenvalue weighted by molar-refractivity contribution is -0.116. The molecule has 6 heteroatoms. The van der Waals surface area contributed by atoms with Crippen molar-refractivity contribution >= 4 is 17.7 Å². The second kappa shape index (κ2) is 11.1. The van der Waals surface area contributed by atoms with Crippen LogP contribution in [-0.4, -0.2) is 36.3 Å². The summed E-state index contributed by atoms with van der Waals surface area (Å²) in [5.41, 5.74) is 0.796. The molecule has 0 radical (unpaired) electrons. The van der Waals surface area contributed by atoms with Gasteiger partial charge in [0.05, 0.1) is 12.7 Å². The molecule has 1 N–H and O–H groups in total. The molecule has 0 bridgehead atoms. The zero-order valence-corrected chi connectivity index (χ0v) is 16.7. The molecule has 0 atom stereocenters. The minimum atomic E-state index is -0.313. The first-order chi connectivity index (χ1) is 13.5. The molecule has 28 heavy (non-hydrogen) atoms. The lowest BCUT2D eigenvalue weighted by Gasteiger charge is -2.12. The summed E-state index contributed by atoms with van der Waals surface area (Å²) in [6.45, 7) is 7.48. The van der Waals surface area contributed by atoms with E-state index >= 15 is 0 Å². The summed E-state index contributed by atoms with van der Waals surface area (Å²) in [7, 11) is 0. The van der Waals surface area contributed by atoms with Crippen molar-refractivity contribution in [1.82, 2.24) is 9.88 Å². The molecule has 0 fully saturated rings. The van der Waals surface area contributed by atoms with Crippen molar-refractivity contribution in [2.45, 2.75) is 33.3 Å². The minimum absolute atomic E-state index is 0.161. The fraction of sp³-hybridized carbons (Fsp3) is 0.364. The van der Waals surface area contributed by atoms with Crippen molar-refractivity contribution in [3.8, 4) is 5.75 Å². The van der Waals surface area contributed by atoms with Crippen molar-refractivity contribution < 1.29 is 14.3 Å². The second-order valence-corrected chi connectivity index (χ2v) is 6.47. The molecule has 0 aliphatic heterocycles. The van der Waals surface area contributed by atoms with Crippen LogP contribution in [0.2, 0.25) is 0 Å². The van der Waals surface area contributed by atoms with Gasteiger partial charge in [0, 0.05) is 25.4 Å². The van der Waals surface area contributed by atoms with E-state index in [1.807, 2.05) is 45.0 Å². The number of nitrogens with one attached hydrogen (secondary N) is 1. The normalized spacial score (nSPS) is 11.5. The highest BCUT2D eigenvalue weighted by Crippen LogP contribution is 2.16. The van der Waals surface area contributed by atoms with Crippen LogP contribution in [0, 0.1) is 0 Å². The third kappa shape index (κ3) is 6.70. The minimum Gasteiger partial charge on any atom is -0.494 e. The topological polar surface area (TPSA) is 69.6 Å². The molecule has 6 nitrogen and oxygen atoms in total. The van der Waals surface area contributed by atoms with Gasteiger partial charge in [0.15, 0.2) is 0 Å². The Balaban J connectivity index is 2.19. The zero-order valence-electron chi connectivity index (χ0n) is 16.7. The van der Waals surface area contributed by atoms with E-state index in [-0.39, 0.29) is 23.3 Å². The maximum Gasteiger partial charge on any atom is 0.268 e. The van der Waals surface area contributed by atoms with Crippen LogP contribution in [-0.2, 0) is 9.53 Å². The van der Waals surface area contributed by atoms with E-state index in [1.165, 1.54) is 10.6 Å². The predicted octanol–water partition coefficient (Wildman–Crippen LogP) is 3.18. The van der Waals surface area contributed by atoms with Gasteiger partial charge in [-0.1, -0.05) is 18.2 Å². The molecular weight excluding hydrogens is 356 g/mol. The Labute approximate surface area is 165 Å². The SMILES string of the molecule is CCOc1ccc(C=C(C(=O)NCCCOC(C)C)n2ccccc2=O)cc1. The first-order valence-corrected chi connectivity index (χ1v) is 9.53. The quantitative estimate of drug-likeness (QED) is 0.505. The molecule has 2 rings (SSSR count). The number of benzene rings is 1. The second-order valence-electron chi connectivity index (χ2n) is 6.47. The van der Waals surface area contributed by atoms with Crippen molar-refractivity contribution in [2.24, 2.45) is 0 Å². The number of nitrogens with zero attached hydrogens (tertiary/aromatic N) is 1. The Morgan fingerprint density at radius 1 is 1.18 bits per heavy atom. The van der Waals surface area contributed by atoms with Gasteiger partial charge in [0.1, 0.15) is 11.4 Å². The number of pyridine rings is 1. The maximum absolute atomic E-state index is 12.8. The molecule has 0 spiro atoms. The number of hydrogen-bond acceptors (Lipinski definition) is 4. The van der Waals surface area contributed by atoms with Gasteiger partial charge >= 0.3 is 0 Å². The molecular formula is C22H28N2O4. The van der Waals surface area contributed by atoms with Crippen molar-refractivity contribution in [3.63, 3.8) is 0 Å². The number of hydrogen-bond donors (Lipinski definition) is 1. The third-order valence-electron chi connectivity index (χ3n) is 3.87. The average Bonchev–Trinajstić information content (AvgIpc) is 2.67. The van der Waals surface area contributed by atoms with Gasteiger partial charge in [0.25, 0.3) is 11.5 Å². The monoisotopic (exact) mass is 384 g/mol. The molecule has 1 aromatic carbocycles. The van der Waals surface area contributed by atoms with Gasteiger partial charge < -0.3 is 14.8 Å². The number of ether oxygens (including phenoxy) is 2. The van der Waals surface area contributed by atoms with Crippen molar-refractivity contribution in [2.75, 3.05) is 19.8 Å². The van der Waals surface area contributed by atoms with E-state index < -0.39 is 0 Å². The Hall–Kier alpha value is -2.86. The highest BCUT2D eigenvalue weighted by Gasteiger charge is 2.13. The molecule has 0 saturated heterocycles. The summed E-state index contributed by atoms with van der Waals surface area (Å²) in [5.74, 6) is 0.444. The molecule has 0 aliphatic rings. The number of rotatable bonds is 10. The number of carbonyl (C=O) groups excluding carboxylic acids is 1. The van der Waals surface area contributed by atoms with Crippen LogP contribution in [0.25, 0.3) is 11.8 Å². The Morgan fingerprint density at radius 3 is 2.57 bits per heavy atom. The largest absolute Gasteiger partial charge is 0.494 e. The van der Waals surface area contributed by atoms with Gasteiger partial charge in [-0.2, -0.15) is 0 Å². The molecule has 1 amide bonds. The van der Waals surface area contributed by atoms with E-state index in [2.05, 4.69) is 5.32 Å². The first kappa shape index (κ1) is 21.4.